The van der Waals surface area contributed by atoms with Crippen molar-refractivity contribution in [1.82, 2.24) is 5.32 Å². The molecular formula is C19H23NO2. The number of aryl methyl sites for hydroxylation is 2. The Labute approximate surface area is 132 Å². The van der Waals surface area contributed by atoms with Gasteiger partial charge in [0.15, 0.2) is 0 Å². The fourth-order valence-electron chi connectivity index (χ4n) is 2.51. The van der Waals surface area contributed by atoms with E-state index in [2.05, 4.69) is 37.4 Å². The smallest absolute Gasteiger partial charge is 0.255 e. The highest BCUT2D eigenvalue weighted by Crippen LogP contribution is 2.22. The molecular weight excluding hydrogens is 274 g/mol. The van der Waals surface area contributed by atoms with Gasteiger partial charge in [0, 0.05) is 0 Å². The molecule has 22 heavy (non-hydrogen) atoms. The van der Waals surface area contributed by atoms with Gasteiger partial charge in [-0.1, -0.05) is 35.9 Å². The van der Waals surface area contributed by atoms with Crippen LogP contribution in [0.25, 0.3) is 0 Å². The van der Waals surface area contributed by atoms with Gasteiger partial charge in [-0.3, -0.25) is 4.79 Å². The van der Waals surface area contributed by atoms with Gasteiger partial charge in [-0.2, -0.15) is 0 Å². The normalized spacial score (nSPS) is 11.8. The summed E-state index contributed by atoms with van der Waals surface area (Å²) < 4.78 is 5.53. The number of para-hydroxylation sites is 1. The number of ether oxygens (including phenoxy) is 1. The van der Waals surface area contributed by atoms with Crippen LogP contribution in [0.1, 0.15) is 46.9 Å². The van der Waals surface area contributed by atoms with Crippen LogP contribution in [0.4, 0.5) is 0 Å². The zero-order chi connectivity index (χ0) is 16.1. The molecule has 0 fully saturated rings. The molecule has 3 nitrogen and oxygen atoms in total. The summed E-state index contributed by atoms with van der Waals surface area (Å²) in [6.45, 7) is 8.57. The van der Waals surface area contributed by atoms with Crippen molar-refractivity contribution in [3.05, 3.63) is 64.7 Å². The van der Waals surface area contributed by atoms with E-state index in [1.807, 2.05) is 32.0 Å². The van der Waals surface area contributed by atoms with Gasteiger partial charge in [0.25, 0.3) is 5.91 Å². The number of hydrogen-bond acceptors (Lipinski definition) is 2. The van der Waals surface area contributed by atoms with E-state index in [9.17, 15) is 4.79 Å². The number of hydrogen-bond donors (Lipinski definition) is 1. The molecule has 2 aromatic carbocycles. The number of amides is 1. The van der Waals surface area contributed by atoms with E-state index >= 15 is 0 Å². The molecule has 0 radical (unpaired) electrons. The first-order chi connectivity index (χ1) is 10.5. The van der Waals surface area contributed by atoms with Crippen molar-refractivity contribution in [2.75, 3.05) is 6.61 Å². The lowest BCUT2D eigenvalue weighted by Crippen LogP contribution is -2.27. The fourth-order valence-corrected chi connectivity index (χ4v) is 2.51. The Balaban J connectivity index is 2.20. The maximum Gasteiger partial charge on any atom is 0.255 e. The lowest BCUT2D eigenvalue weighted by atomic mass is 9.99. The molecule has 2 rings (SSSR count). The van der Waals surface area contributed by atoms with E-state index in [1.165, 1.54) is 11.1 Å². The van der Waals surface area contributed by atoms with Gasteiger partial charge in [0.2, 0.25) is 0 Å². The van der Waals surface area contributed by atoms with Gasteiger partial charge in [-0.25, -0.2) is 0 Å². The average Bonchev–Trinajstić information content (AvgIpc) is 2.50. The summed E-state index contributed by atoms with van der Waals surface area (Å²) in [4.78, 5) is 12.5. The molecule has 116 valence electrons. The van der Waals surface area contributed by atoms with E-state index in [0.717, 1.165) is 5.56 Å². The predicted octanol–water partition coefficient (Wildman–Crippen LogP) is 4.19. The van der Waals surface area contributed by atoms with Crippen LogP contribution in [0.2, 0.25) is 0 Å². The SMILES string of the molecule is CCOc1ccccc1C(=O)NC(C)c1cc(C)ccc1C. The van der Waals surface area contributed by atoms with Crippen LogP contribution in [-0.4, -0.2) is 12.5 Å². The minimum Gasteiger partial charge on any atom is -0.493 e. The van der Waals surface area contributed by atoms with Gasteiger partial charge in [-0.15, -0.1) is 0 Å². The Morgan fingerprint density at radius 1 is 1.18 bits per heavy atom. The third-order valence-corrected chi connectivity index (χ3v) is 3.68. The first kappa shape index (κ1) is 16.1. The predicted molar refractivity (Wildman–Crippen MR) is 89.4 cm³/mol. The molecule has 0 aromatic heterocycles. The topological polar surface area (TPSA) is 38.3 Å². The van der Waals surface area contributed by atoms with E-state index in [1.54, 1.807) is 6.07 Å². The van der Waals surface area contributed by atoms with Crippen LogP contribution in [0.15, 0.2) is 42.5 Å². The van der Waals surface area contributed by atoms with Crippen LogP contribution in [-0.2, 0) is 0 Å². The molecule has 0 bridgehead atoms. The van der Waals surface area contributed by atoms with E-state index in [-0.39, 0.29) is 11.9 Å². The highest BCUT2D eigenvalue weighted by atomic mass is 16.5. The zero-order valence-electron chi connectivity index (χ0n) is 13.6. The molecule has 3 heteroatoms. The van der Waals surface area contributed by atoms with Crippen LogP contribution in [0.5, 0.6) is 5.75 Å². The molecule has 0 saturated heterocycles. The second-order valence-corrected chi connectivity index (χ2v) is 5.48. The van der Waals surface area contributed by atoms with Crippen molar-refractivity contribution in [3.8, 4) is 5.75 Å². The van der Waals surface area contributed by atoms with Crippen LogP contribution in [0, 0.1) is 13.8 Å². The van der Waals surface area contributed by atoms with E-state index < -0.39 is 0 Å². The minimum absolute atomic E-state index is 0.0536. The van der Waals surface area contributed by atoms with Crippen LogP contribution < -0.4 is 10.1 Å². The molecule has 1 N–H and O–H groups in total. The van der Waals surface area contributed by atoms with Crippen molar-refractivity contribution >= 4 is 5.91 Å². The Bertz CT molecular complexity index is 664. The van der Waals surface area contributed by atoms with Crippen molar-refractivity contribution in [2.24, 2.45) is 0 Å². The summed E-state index contributed by atoms with van der Waals surface area (Å²) in [5.41, 5.74) is 4.08. The molecule has 0 spiro atoms. The first-order valence-corrected chi connectivity index (χ1v) is 7.62. The highest BCUT2D eigenvalue weighted by molar-refractivity contribution is 5.97. The molecule has 0 heterocycles. The van der Waals surface area contributed by atoms with Crippen molar-refractivity contribution in [2.45, 2.75) is 33.7 Å². The maximum absolute atomic E-state index is 12.5. The summed E-state index contributed by atoms with van der Waals surface area (Å²) >= 11 is 0. The van der Waals surface area contributed by atoms with Crippen molar-refractivity contribution < 1.29 is 9.53 Å². The fraction of sp³-hybridized carbons (Fsp3) is 0.316. The largest absolute Gasteiger partial charge is 0.493 e. The number of carbonyl (C=O) groups is 1. The molecule has 1 unspecified atom stereocenters. The lowest BCUT2D eigenvalue weighted by molar-refractivity contribution is 0.0936. The Morgan fingerprint density at radius 2 is 1.91 bits per heavy atom. The monoisotopic (exact) mass is 297 g/mol. The van der Waals surface area contributed by atoms with E-state index in [4.69, 9.17) is 4.74 Å². The van der Waals surface area contributed by atoms with Gasteiger partial charge in [0.05, 0.1) is 18.2 Å². The molecule has 0 saturated carbocycles. The Hall–Kier alpha value is -2.29. The van der Waals surface area contributed by atoms with Crippen LogP contribution in [0.3, 0.4) is 0 Å². The second kappa shape index (κ2) is 7.12. The molecule has 1 atom stereocenters. The van der Waals surface area contributed by atoms with Crippen molar-refractivity contribution in [1.29, 1.82) is 0 Å². The van der Waals surface area contributed by atoms with Gasteiger partial charge < -0.3 is 10.1 Å². The number of rotatable bonds is 5. The standard InChI is InChI=1S/C19H23NO2/c1-5-22-18-9-7-6-8-16(18)19(21)20-15(4)17-12-13(2)10-11-14(17)3/h6-12,15H,5H2,1-4H3,(H,20,21). The lowest BCUT2D eigenvalue weighted by Gasteiger charge is -2.18. The first-order valence-electron chi connectivity index (χ1n) is 7.62. The molecule has 1 amide bonds. The number of carbonyl (C=O) groups excluding carboxylic acids is 1. The maximum atomic E-state index is 12.5. The van der Waals surface area contributed by atoms with Crippen molar-refractivity contribution in [3.63, 3.8) is 0 Å². The highest BCUT2D eigenvalue weighted by Gasteiger charge is 2.16. The minimum atomic E-state index is -0.113. The molecule has 2 aromatic rings. The summed E-state index contributed by atoms with van der Waals surface area (Å²) in [6, 6.07) is 13.6. The summed E-state index contributed by atoms with van der Waals surface area (Å²) in [7, 11) is 0. The molecule has 0 aliphatic carbocycles. The zero-order valence-corrected chi connectivity index (χ0v) is 13.6. The van der Waals surface area contributed by atoms with E-state index in [0.29, 0.717) is 17.9 Å². The molecule has 0 aliphatic rings. The Morgan fingerprint density at radius 3 is 2.64 bits per heavy atom. The molecule has 0 aliphatic heterocycles. The van der Waals surface area contributed by atoms with Gasteiger partial charge in [-0.05, 0) is 51.0 Å². The van der Waals surface area contributed by atoms with Crippen LogP contribution >= 0.6 is 0 Å². The van der Waals surface area contributed by atoms with Gasteiger partial charge in [0.1, 0.15) is 5.75 Å². The second-order valence-electron chi connectivity index (χ2n) is 5.48. The summed E-state index contributed by atoms with van der Waals surface area (Å²) in [5.74, 6) is 0.508. The summed E-state index contributed by atoms with van der Waals surface area (Å²) in [6.07, 6.45) is 0. The average molecular weight is 297 g/mol. The number of nitrogens with one attached hydrogen (secondary N) is 1. The Kier molecular flexibility index (Phi) is 5.21. The quantitative estimate of drug-likeness (QED) is 0.898. The third kappa shape index (κ3) is 3.67. The number of benzene rings is 2. The summed E-state index contributed by atoms with van der Waals surface area (Å²) in [5, 5.41) is 3.06. The third-order valence-electron chi connectivity index (χ3n) is 3.68. The van der Waals surface area contributed by atoms with Gasteiger partial charge >= 0.3 is 0 Å².